The summed E-state index contributed by atoms with van der Waals surface area (Å²) in [5, 5.41) is 2.87. The monoisotopic (exact) mass is 331 g/mol. The van der Waals surface area contributed by atoms with Gasteiger partial charge in [0.2, 0.25) is 6.79 Å². The lowest BCUT2D eigenvalue weighted by atomic mass is 10.1. The van der Waals surface area contributed by atoms with E-state index in [1.165, 1.54) is 11.1 Å². The number of nitrogens with one attached hydrogen (secondary N) is 1. The average molecular weight is 331 g/mol. The molecule has 2 aliphatic rings. The molecule has 0 radical (unpaired) electrons. The first-order chi connectivity index (χ1) is 11.7. The van der Waals surface area contributed by atoms with Gasteiger partial charge in [-0.2, -0.15) is 0 Å². The maximum atomic E-state index is 12.1. The zero-order valence-electron chi connectivity index (χ0n) is 14.4. The standard InChI is InChI=1S/C18H25N3O3/c1-3-14(2)11-19-18(22)21-8-6-20(7-9-21)12-15-4-5-16-17(10-15)24-13-23-16/h4-5,10-11H,3,6-9,12-13H2,1-2H3,(H,19,22)/b14-11+. The van der Waals surface area contributed by atoms with Crippen molar-refractivity contribution in [2.45, 2.75) is 26.8 Å². The summed E-state index contributed by atoms with van der Waals surface area (Å²) in [6, 6.07) is 6.07. The number of carbonyl (C=O) groups is 1. The highest BCUT2D eigenvalue weighted by molar-refractivity contribution is 5.75. The van der Waals surface area contributed by atoms with Crippen LogP contribution in [0, 0.1) is 0 Å². The molecule has 6 heteroatoms. The van der Waals surface area contributed by atoms with Crippen LogP contribution in [0.25, 0.3) is 0 Å². The molecule has 0 spiro atoms. The lowest BCUT2D eigenvalue weighted by Crippen LogP contribution is -2.50. The smallest absolute Gasteiger partial charge is 0.321 e. The fourth-order valence-corrected chi connectivity index (χ4v) is 2.78. The zero-order valence-corrected chi connectivity index (χ0v) is 14.4. The van der Waals surface area contributed by atoms with Crippen molar-refractivity contribution in [3.8, 4) is 11.5 Å². The number of ether oxygens (including phenoxy) is 2. The van der Waals surface area contributed by atoms with Crippen LogP contribution in [-0.2, 0) is 6.54 Å². The van der Waals surface area contributed by atoms with Crippen molar-refractivity contribution >= 4 is 6.03 Å². The van der Waals surface area contributed by atoms with Crippen molar-refractivity contribution in [2.24, 2.45) is 0 Å². The highest BCUT2D eigenvalue weighted by Gasteiger charge is 2.21. The fourth-order valence-electron chi connectivity index (χ4n) is 2.78. The Morgan fingerprint density at radius 2 is 1.96 bits per heavy atom. The molecular weight excluding hydrogens is 306 g/mol. The predicted octanol–water partition coefficient (Wildman–Crippen LogP) is 2.56. The maximum absolute atomic E-state index is 12.1. The van der Waals surface area contributed by atoms with E-state index in [0.717, 1.165) is 50.6 Å². The number of allylic oxidation sites excluding steroid dienone is 1. The van der Waals surface area contributed by atoms with Crippen LogP contribution in [0.3, 0.4) is 0 Å². The summed E-state index contributed by atoms with van der Waals surface area (Å²) >= 11 is 0. The number of hydrogen-bond donors (Lipinski definition) is 1. The van der Waals surface area contributed by atoms with Gasteiger partial charge < -0.3 is 19.7 Å². The van der Waals surface area contributed by atoms with Gasteiger partial charge in [0.15, 0.2) is 11.5 Å². The number of carbonyl (C=O) groups excluding carboxylic acids is 1. The molecule has 1 N–H and O–H groups in total. The maximum Gasteiger partial charge on any atom is 0.321 e. The van der Waals surface area contributed by atoms with Crippen LogP contribution in [0.5, 0.6) is 11.5 Å². The minimum absolute atomic E-state index is 0.00877. The summed E-state index contributed by atoms with van der Waals surface area (Å²) in [6.07, 6.45) is 2.75. The molecule has 0 atom stereocenters. The number of nitrogens with zero attached hydrogens (tertiary/aromatic N) is 2. The molecule has 1 aromatic carbocycles. The minimum Gasteiger partial charge on any atom is -0.454 e. The molecule has 0 saturated carbocycles. The quantitative estimate of drug-likeness (QED) is 0.921. The summed E-state index contributed by atoms with van der Waals surface area (Å²) in [5.41, 5.74) is 2.38. The SMILES string of the molecule is CC/C(C)=C/NC(=O)N1CCN(Cc2ccc3c(c2)OCO3)CC1. The van der Waals surface area contributed by atoms with Crippen LogP contribution in [0.4, 0.5) is 4.79 Å². The summed E-state index contributed by atoms with van der Waals surface area (Å²) in [4.78, 5) is 16.4. The van der Waals surface area contributed by atoms with Gasteiger partial charge in [0, 0.05) is 38.9 Å². The highest BCUT2D eigenvalue weighted by atomic mass is 16.7. The molecular formula is C18H25N3O3. The molecule has 1 saturated heterocycles. The van der Waals surface area contributed by atoms with Crippen molar-refractivity contribution in [3.63, 3.8) is 0 Å². The molecule has 0 bridgehead atoms. The third-order valence-electron chi connectivity index (χ3n) is 4.50. The van der Waals surface area contributed by atoms with Crippen molar-refractivity contribution < 1.29 is 14.3 Å². The lowest BCUT2D eigenvalue weighted by molar-refractivity contribution is 0.137. The Hall–Kier alpha value is -2.21. The van der Waals surface area contributed by atoms with E-state index in [-0.39, 0.29) is 6.03 Å². The molecule has 2 heterocycles. The first kappa shape index (κ1) is 16.6. The Morgan fingerprint density at radius 1 is 1.21 bits per heavy atom. The van der Waals surface area contributed by atoms with E-state index >= 15 is 0 Å². The Balaban J connectivity index is 1.47. The Morgan fingerprint density at radius 3 is 2.71 bits per heavy atom. The highest BCUT2D eigenvalue weighted by Crippen LogP contribution is 2.32. The van der Waals surface area contributed by atoms with Crippen molar-refractivity contribution in [1.82, 2.24) is 15.1 Å². The van der Waals surface area contributed by atoms with Gasteiger partial charge in [-0.1, -0.05) is 18.6 Å². The largest absolute Gasteiger partial charge is 0.454 e. The van der Waals surface area contributed by atoms with Gasteiger partial charge in [-0.25, -0.2) is 4.79 Å². The average Bonchev–Trinajstić information content (AvgIpc) is 3.07. The second kappa shape index (κ2) is 7.57. The van der Waals surface area contributed by atoms with Crippen LogP contribution in [0.1, 0.15) is 25.8 Å². The van der Waals surface area contributed by atoms with Crippen LogP contribution >= 0.6 is 0 Å². The van der Waals surface area contributed by atoms with E-state index in [4.69, 9.17) is 9.47 Å². The van der Waals surface area contributed by atoms with Crippen LogP contribution in [-0.4, -0.2) is 48.8 Å². The number of piperazine rings is 1. The number of benzene rings is 1. The molecule has 6 nitrogen and oxygen atoms in total. The van der Waals surface area contributed by atoms with E-state index in [9.17, 15) is 4.79 Å². The number of rotatable bonds is 4. The molecule has 1 aromatic rings. The van der Waals surface area contributed by atoms with Gasteiger partial charge in [-0.05, 0) is 31.0 Å². The van der Waals surface area contributed by atoms with Gasteiger partial charge in [0.25, 0.3) is 0 Å². The Labute approximate surface area is 143 Å². The molecule has 24 heavy (non-hydrogen) atoms. The van der Waals surface area contributed by atoms with E-state index in [2.05, 4.69) is 23.2 Å². The summed E-state index contributed by atoms with van der Waals surface area (Å²) in [6.45, 7) is 8.50. The first-order valence-electron chi connectivity index (χ1n) is 8.47. The van der Waals surface area contributed by atoms with Gasteiger partial charge in [-0.15, -0.1) is 0 Å². The van der Waals surface area contributed by atoms with Crippen LogP contribution < -0.4 is 14.8 Å². The second-order valence-electron chi connectivity index (χ2n) is 6.24. The molecule has 0 aliphatic carbocycles. The summed E-state index contributed by atoms with van der Waals surface area (Å²) in [7, 11) is 0. The number of fused-ring (bicyclic) bond motifs is 1. The Bertz CT molecular complexity index is 622. The zero-order chi connectivity index (χ0) is 16.9. The lowest BCUT2D eigenvalue weighted by Gasteiger charge is -2.34. The molecule has 2 amide bonds. The molecule has 3 rings (SSSR count). The molecule has 0 aromatic heterocycles. The molecule has 130 valence electrons. The third kappa shape index (κ3) is 4.00. The topological polar surface area (TPSA) is 54.0 Å². The van der Waals surface area contributed by atoms with Gasteiger partial charge in [-0.3, -0.25) is 4.90 Å². The van der Waals surface area contributed by atoms with Crippen molar-refractivity contribution in [3.05, 3.63) is 35.5 Å². The van der Waals surface area contributed by atoms with Crippen molar-refractivity contribution in [1.29, 1.82) is 0 Å². The molecule has 1 fully saturated rings. The Kier molecular flexibility index (Phi) is 5.25. The van der Waals surface area contributed by atoms with Gasteiger partial charge in [0.1, 0.15) is 0 Å². The van der Waals surface area contributed by atoms with Gasteiger partial charge >= 0.3 is 6.03 Å². The minimum atomic E-state index is -0.00877. The second-order valence-corrected chi connectivity index (χ2v) is 6.24. The predicted molar refractivity (Wildman–Crippen MR) is 92.0 cm³/mol. The number of urea groups is 1. The fraction of sp³-hybridized carbons (Fsp3) is 0.500. The van der Waals surface area contributed by atoms with E-state index < -0.39 is 0 Å². The number of amides is 2. The van der Waals surface area contributed by atoms with E-state index in [1.54, 1.807) is 6.20 Å². The first-order valence-corrected chi connectivity index (χ1v) is 8.47. The van der Waals surface area contributed by atoms with E-state index in [0.29, 0.717) is 6.79 Å². The third-order valence-corrected chi connectivity index (χ3v) is 4.50. The van der Waals surface area contributed by atoms with Crippen molar-refractivity contribution in [2.75, 3.05) is 33.0 Å². The van der Waals surface area contributed by atoms with Crippen LogP contribution in [0.15, 0.2) is 30.0 Å². The summed E-state index contributed by atoms with van der Waals surface area (Å²) < 4.78 is 10.8. The molecule has 0 unspecified atom stereocenters. The molecule has 2 aliphatic heterocycles. The number of hydrogen-bond acceptors (Lipinski definition) is 4. The van der Waals surface area contributed by atoms with E-state index in [1.807, 2.05) is 24.0 Å². The summed E-state index contributed by atoms with van der Waals surface area (Å²) in [5.74, 6) is 1.64. The normalized spacial score (nSPS) is 17.9. The van der Waals surface area contributed by atoms with Gasteiger partial charge in [0.05, 0.1) is 0 Å². The van der Waals surface area contributed by atoms with Crippen LogP contribution in [0.2, 0.25) is 0 Å².